The van der Waals surface area contributed by atoms with Crippen LogP contribution in [0.25, 0.3) is 0 Å². The molecule has 0 unspecified atom stereocenters. The van der Waals surface area contributed by atoms with Gasteiger partial charge in [0, 0.05) is 5.54 Å². The van der Waals surface area contributed by atoms with Crippen LogP contribution in [-0.2, 0) is 4.79 Å². The number of aliphatic carboxylic acids is 1. The first-order chi connectivity index (χ1) is 7.64. The largest absolute Gasteiger partial charge is 0.480 e. The molecule has 0 bridgehead atoms. The van der Waals surface area contributed by atoms with E-state index >= 15 is 0 Å². The standard InChI is InChI=1S/C12H22N2O3/c1-11(2,3)8(9(15)16)13-10(17)14-12(4)6-5-7-12/h8H,5-7H2,1-4H3,(H,15,16)(H2,13,14,17)/t8-/m1/s1. The number of carbonyl (C=O) groups excluding carboxylic acids is 1. The van der Waals surface area contributed by atoms with Gasteiger partial charge in [0.2, 0.25) is 0 Å². The first kappa shape index (κ1) is 13.8. The Kier molecular flexibility index (Phi) is 3.69. The smallest absolute Gasteiger partial charge is 0.326 e. The highest BCUT2D eigenvalue weighted by atomic mass is 16.4. The lowest BCUT2D eigenvalue weighted by atomic mass is 9.79. The first-order valence-electron chi connectivity index (χ1n) is 5.95. The molecule has 0 aliphatic heterocycles. The summed E-state index contributed by atoms with van der Waals surface area (Å²) in [7, 11) is 0. The molecule has 0 aromatic rings. The SMILES string of the molecule is CC1(NC(=O)N[C@H](C(=O)O)C(C)(C)C)CCC1. The molecular weight excluding hydrogens is 220 g/mol. The first-order valence-corrected chi connectivity index (χ1v) is 5.95. The molecule has 1 aliphatic rings. The zero-order chi connectivity index (χ0) is 13.3. The van der Waals surface area contributed by atoms with Crippen molar-refractivity contribution in [1.29, 1.82) is 0 Å². The molecular formula is C12H22N2O3. The van der Waals surface area contributed by atoms with E-state index in [-0.39, 0.29) is 5.54 Å². The van der Waals surface area contributed by atoms with Crippen molar-refractivity contribution in [3.05, 3.63) is 0 Å². The van der Waals surface area contributed by atoms with E-state index < -0.39 is 23.5 Å². The number of nitrogens with one attached hydrogen (secondary N) is 2. The maximum atomic E-state index is 11.7. The summed E-state index contributed by atoms with van der Waals surface area (Å²) in [5.74, 6) is -1.01. The maximum Gasteiger partial charge on any atom is 0.326 e. The zero-order valence-corrected chi connectivity index (χ0v) is 11.0. The average molecular weight is 242 g/mol. The van der Waals surface area contributed by atoms with Gasteiger partial charge in [-0.1, -0.05) is 20.8 Å². The summed E-state index contributed by atoms with van der Waals surface area (Å²) in [6, 6.07) is -1.28. The fourth-order valence-corrected chi connectivity index (χ4v) is 1.92. The minimum atomic E-state index is -1.01. The Hall–Kier alpha value is -1.26. The Labute approximate surface area is 102 Å². The van der Waals surface area contributed by atoms with Crippen LogP contribution in [0.15, 0.2) is 0 Å². The molecule has 0 aromatic carbocycles. The van der Waals surface area contributed by atoms with Crippen LogP contribution >= 0.6 is 0 Å². The van der Waals surface area contributed by atoms with Crippen LogP contribution in [0.2, 0.25) is 0 Å². The summed E-state index contributed by atoms with van der Waals surface area (Å²) >= 11 is 0. The molecule has 0 heterocycles. The number of rotatable bonds is 3. The summed E-state index contributed by atoms with van der Waals surface area (Å²) in [4.78, 5) is 22.8. The van der Waals surface area contributed by atoms with E-state index in [1.165, 1.54) is 0 Å². The van der Waals surface area contributed by atoms with Gasteiger partial charge in [0.1, 0.15) is 6.04 Å². The van der Waals surface area contributed by atoms with E-state index in [1.807, 2.05) is 6.92 Å². The quantitative estimate of drug-likeness (QED) is 0.705. The number of carboxylic acid groups (broad SMARTS) is 1. The van der Waals surface area contributed by atoms with Gasteiger partial charge in [-0.25, -0.2) is 9.59 Å². The molecule has 0 spiro atoms. The number of hydrogen-bond donors (Lipinski definition) is 3. The van der Waals surface area contributed by atoms with Crippen molar-refractivity contribution in [3.8, 4) is 0 Å². The highest BCUT2D eigenvalue weighted by Crippen LogP contribution is 2.30. The molecule has 1 rings (SSSR count). The normalized spacial score (nSPS) is 20.0. The lowest BCUT2D eigenvalue weighted by Gasteiger charge is -2.39. The monoisotopic (exact) mass is 242 g/mol. The van der Waals surface area contributed by atoms with Crippen molar-refractivity contribution >= 4 is 12.0 Å². The molecule has 2 amide bonds. The van der Waals surface area contributed by atoms with Crippen molar-refractivity contribution in [1.82, 2.24) is 10.6 Å². The van der Waals surface area contributed by atoms with Gasteiger partial charge in [-0.15, -0.1) is 0 Å². The number of carboxylic acids is 1. The van der Waals surface area contributed by atoms with Gasteiger partial charge >= 0.3 is 12.0 Å². The summed E-state index contributed by atoms with van der Waals surface area (Å²) in [5, 5.41) is 14.5. The van der Waals surface area contributed by atoms with E-state index in [9.17, 15) is 9.59 Å². The van der Waals surface area contributed by atoms with E-state index in [1.54, 1.807) is 20.8 Å². The molecule has 17 heavy (non-hydrogen) atoms. The van der Waals surface area contributed by atoms with Crippen LogP contribution in [0, 0.1) is 5.41 Å². The number of urea groups is 1. The van der Waals surface area contributed by atoms with Crippen molar-refractivity contribution < 1.29 is 14.7 Å². The molecule has 1 atom stereocenters. The van der Waals surface area contributed by atoms with Crippen molar-refractivity contribution in [2.45, 2.75) is 58.5 Å². The Morgan fingerprint density at radius 3 is 2.12 bits per heavy atom. The molecule has 98 valence electrons. The summed E-state index contributed by atoms with van der Waals surface area (Å²) in [5.41, 5.74) is -0.672. The van der Waals surface area contributed by atoms with E-state index in [2.05, 4.69) is 10.6 Å². The van der Waals surface area contributed by atoms with Crippen LogP contribution in [0.1, 0.15) is 47.0 Å². The van der Waals surface area contributed by atoms with Crippen LogP contribution in [0.4, 0.5) is 4.79 Å². The van der Waals surface area contributed by atoms with E-state index in [0.717, 1.165) is 19.3 Å². The topological polar surface area (TPSA) is 78.4 Å². The van der Waals surface area contributed by atoms with Crippen LogP contribution in [0.5, 0.6) is 0 Å². The van der Waals surface area contributed by atoms with Crippen molar-refractivity contribution in [3.63, 3.8) is 0 Å². The predicted molar refractivity (Wildman–Crippen MR) is 64.8 cm³/mol. The van der Waals surface area contributed by atoms with E-state index in [4.69, 9.17) is 5.11 Å². The summed E-state index contributed by atoms with van der Waals surface area (Å²) in [6.45, 7) is 7.34. The highest BCUT2D eigenvalue weighted by molar-refractivity contribution is 5.83. The minimum Gasteiger partial charge on any atom is -0.480 e. The highest BCUT2D eigenvalue weighted by Gasteiger charge is 2.36. The van der Waals surface area contributed by atoms with Gasteiger partial charge in [-0.3, -0.25) is 0 Å². The fraction of sp³-hybridized carbons (Fsp3) is 0.833. The van der Waals surface area contributed by atoms with Crippen molar-refractivity contribution in [2.75, 3.05) is 0 Å². The Bertz CT molecular complexity index is 316. The third-order valence-corrected chi connectivity index (χ3v) is 3.26. The second-order valence-electron chi connectivity index (χ2n) is 6.15. The molecule has 5 nitrogen and oxygen atoms in total. The van der Waals surface area contributed by atoms with Crippen molar-refractivity contribution in [2.24, 2.45) is 5.41 Å². The van der Waals surface area contributed by atoms with Gasteiger partial charge in [0.05, 0.1) is 0 Å². The Morgan fingerprint density at radius 2 is 1.82 bits per heavy atom. The zero-order valence-electron chi connectivity index (χ0n) is 11.0. The summed E-state index contributed by atoms with van der Waals surface area (Å²) in [6.07, 6.45) is 3.01. The third kappa shape index (κ3) is 3.61. The maximum absolute atomic E-state index is 11.7. The van der Waals surface area contributed by atoms with Gasteiger partial charge in [-0.05, 0) is 31.6 Å². The lowest BCUT2D eigenvalue weighted by molar-refractivity contribution is -0.141. The summed E-state index contributed by atoms with van der Waals surface area (Å²) < 4.78 is 0. The number of carbonyl (C=O) groups is 2. The van der Waals surface area contributed by atoms with Crippen LogP contribution < -0.4 is 10.6 Å². The second-order valence-corrected chi connectivity index (χ2v) is 6.15. The van der Waals surface area contributed by atoms with Gasteiger partial charge < -0.3 is 15.7 Å². The van der Waals surface area contributed by atoms with Crippen LogP contribution in [-0.4, -0.2) is 28.7 Å². The molecule has 0 saturated heterocycles. The minimum absolute atomic E-state index is 0.162. The molecule has 1 fully saturated rings. The van der Waals surface area contributed by atoms with Crippen LogP contribution in [0.3, 0.4) is 0 Å². The Morgan fingerprint density at radius 1 is 1.29 bits per heavy atom. The molecule has 3 N–H and O–H groups in total. The van der Waals surface area contributed by atoms with Gasteiger partial charge in [-0.2, -0.15) is 0 Å². The molecule has 5 heteroatoms. The number of amides is 2. The predicted octanol–water partition coefficient (Wildman–Crippen LogP) is 1.73. The lowest BCUT2D eigenvalue weighted by Crippen LogP contribution is -2.59. The second kappa shape index (κ2) is 4.55. The van der Waals surface area contributed by atoms with Gasteiger partial charge in [0.15, 0.2) is 0 Å². The van der Waals surface area contributed by atoms with Gasteiger partial charge in [0.25, 0.3) is 0 Å². The molecule has 1 saturated carbocycles. The fourth-order valence-electron chi connectivity index (χ4n) is 1.92. The van der Waals surface area contributed by atoms with E-state index in [0.29, 0.717) is 0 Å². The average Bonchev–Trinajstić information content (AvgIpc) is 2.09. The molecule has 0 radical (unpaired) electrons. The third-order valence-electron chi connectivity index (χ3n) is 3.26. The molecule has 1 aliphatic carbocycles. The Balaban J connectivity index is 2.56. The number of hydrogen-bond acceptors (Lipinski definition) is 2. The molecule has 0 aromatic heterocycles.